The van der Waals surface area contributed by atoms with Gasteiger partial charge in [-0.2, -0.15) is 0 Å². The van der Waals surface area contributed by atoms with E-state index in [-0.39, 0.29) is 28.3 Å². The quantitative estimate of drug-likeness (QED) is 0.525. The largest absolute Gasteiger partial charge is 0.493 e. The third-order valence-corrected chi connectivity index (χ3v) is 5.27. The van der Waals surface area contributed by atoms with Gasteiger partial charge < -0.3 is 25.0 Å². The van der Waals surface area contributed by atoms with E-state index in [4.69, 9.17) is 9.47 Å². The summed E-state index contributed by atoms with van der Waals surface area (Å²) in [6, 6.07) is 13.3. The number of hydrogen-bond acceptors (Lipinski definition) is 5. The highest BCUT2D eigenvalue weighted by atomic mass is 19.1. The second-order valence-corrected chi connectivity index (χ2v) is 7.87. The predicted molar refractivity (Wildman–Crippen MR) is 131 cm³/mol. The molecule has 0 atom stereocenters. The van der Waals surface area contributed by atoms with Crippen molar-refractivity contribution in [1.82, 2.24) is 4.90 Å². The van der Waals surface area contributed by atoms with Crippen molar-refractivity contribution >= 4 is 29.1 Å². The first-order chi connectivity index (χ1) is 16.7. The predicted octanol–water partition coefficient (Wildman–Crippen LogP) is 4.36. The number of hydrogen-bond donors (Lipinski definition) is 2. The molecule has 0 saturated carbocycles. The average Bonchev–Trinajstić information content (AvgIpc) is 2.84. The number of carbonyl (C=O) groups is 3. The van der Waals surface area contributed by atoms with Gasteiger partial charge in [-0.25, -0.2) is 4.39 Å². The highest BCUT2D eigenvalue weighted by Crippen LogP contribution is 2.34. The molecule has 0 heterocycles. The Hall–Kier alpha value is -4.40. The Kier molecular flexibility index (Phi) is 7.70. The van der Waals surface area contributed by atoms with Crippen LogP contribution in [0.25, 0.3) is 0 Å². The van der Waals surface area contributed by atoms with E-state index in [1.807, 2.05) is 0 Å². The fourth-order valence-corrected chi connectivity index (χ4v) is 3.33. The third kappa shape index (κ3) is 5.57. The Morgan fingerprint density at radius 1 is 0.800 bits per heavy atom. The fraction of sp³-hybridized carbons (Fsp3) is 0.192. The summed E-state index contributed by atoms with van der Waals surface area (Å²) in [5, 5.41) is 5.38. The van der Waals surface area contributed by atoms with Crippen molar-refractivity contribution in [3.8, 4) is 11.5 Å². The summed E-state index contributed by atoms with van der Waals surface area (Å²) >= 11 is 0. The highest BCUT2D eigenvalue weighted by Gasteiger charge is 2.21. The summed E-state index contributed by atoms with van der Waals surface area (Å²) in [5.74, 6) is -1.48. The van der Waals surface area contributed by atoms with E-state index in [0.717, 1.165) is 0 Å². The van der Waals surface area contributed by atoms with Crippen LogP contribution in [0.5, 0.6) is 11.5 Å². The average molecular weight is 480 g/mol. The van der Waals surface area contributed by atoms with Crippen LogP contribution >= 0.6 is 0 Å². The molecule has 0 saturated heterocycles. The van der Waals surface area contributed by atoms with Crippen LogP contribution in [-0.4, -0.2) is 50.9 Å². The van der Waals surface area contributed by atoms with Crippen LogP contribution in [-0.2, 0) is 0 Å². The maximum absolute atomic E-state index is 14.0. The Bertz CT molecular complexity index is 1290. The first-order valence-electron chi connectivity index (χ1n) is 10.6. The second kappa shape index (κ2) is 10.7. The minimum absolute atomic E-state index is 0.112. The molecule has 35 heavy (non-hydrogen) atoms. The summed E-state index contributed by atoms with van der Waals surface area (Å²) < 4.78 is 24.6. The van der Waals surface area contributed by atoms with Gasteiger partial charge in [-0.15, -0.1) is 0 Å². The topological polar surface area (TPSA) is 97.0 Å². The van der Waals surface area contributed by atoms with Crippen LogP contribution in [0.2, 0.25) is 0 Å². The fourth-order valence-electron chi connectivity index (χ4n) is 3.33. The Morgan fingerprint density at radius 2 is 1.43 bits per heavy atom. The molecule has 3 amide bonds. The van der Waals surface area contributed by atoms with E-state index in [2.05, 4.69) is 10.6 Å². The van der Waals surface area contributed by atoms with Crippen LogP contribution in [0, 0.1) is 12.7 Å². The smallest absolute Gasteiger partial charge is 0.258 e. The maximum Gasteiger partial charge on any atom is 0.258 e. The van der Waals surface area contributed by atoms with E-state index in [0.29, 0.717) is 22.7 Å². The molecule has 0 radical (unpaired) electrons. The summed E-state index contributed by atoms with van der Waals surface area (Å²) in [6.45, 7) is 1.75. The molecule has 2 N–H and O–H groups in total. The van der Waals surface area contributed by atoms with Gasteiger partial charge in [-0.05, 0) is 42.8 Å². The zero-order valence-electron chi connectivity index (χ0n) is 20.1. The van der Waals surface area contributed by atoms with Gasteiger partial charge in [0.1, 0.15) is 5.82 Å². The van der Waals surface area contributed by atoms with Crippen molar-refractivity contribution in [1.29, 1.82) is 0 Å². The zero-order chi connectivity index (χ0) is 25.7. The first-order valence-corrected chi connectivity index (χ1v) is 10.6. The lowest BCUT2D eigenvalue weighted by Gasteiger charge is -2.18. The number of nitrogens with one attached hydrogen (secondary N) is 2. The standard InChI is InChI=1S/C26H26FN3O5/c1-15-10-11-16(12-20(15)28-25(32)17-8-6-7-9-19(17)27)24(31)29-21-14-23(35-5)22(34-4)13-18(21)26(33)30(2)3/h6-14H,1-5H3,(H,28,32)(H,29,31). The number of halogens is 1. The molecular formula is C26H26FN3O5. The molecule has 0 unspecified atom stereocenters. The molecule has 0 spiro atoms. The normalized spacial score (nSPS) is 10.3. The molecule has 3 aromatic rings. The number of ether oxygens (including phenoxy) is 2. The molecule has 0 bridgehead atoms. The van der Waals surface area contributed by atoms with E-state index in [1.54, 1.807) is 39.2 Å². The van der Waals surface area contributed by atoms with Crippen LogP contribution in [0.1, 0.15) is 36.6 Å². The molecule has 8 nitrogen and oxygen atoms in total. The number of aryl methyl sites for hydroxylation is 1. The Morgan fingerprint density at radius 3 is 2.06 bits per heavy atom. The van der Waals surface area contributed by atoms with E-state index in [9.17, 15) is 18.8 Å². The highest BCUT2D eigenvalue weighted by molar-refractivity contribution is 6.10. The van der Waals surface area contributed by atoms with Gasteiger partial charge in [-0.3, -0.25) is 14.4 Å². The van der Waals surface area contributed by atoms with E-state index in [1.165, 1.54) is 55.5 Å². The van der Waals surface area contributed by atoms with Crippen LogP contribution < -0.4 is 20.1 Å². The lowest BCUT2D eigenvalue weighted by Crippen LogP contribution is -2.24. The molecule has 182 valence electrons. The van der Waals surface area contributed by atoms with Crippen molar-refractivity contribution in [2.24, 2.45) is 0 Å². The number of nitrogens with zero attached hydrogens (tertiary/aromatic N) is 1. The van der Waals surface area contributed by atoms with Crippen molar-refractivity contribution in [3.63, 3.8) is 0 Å². The van der Waals surface area contributed by atoms with Gasteiger partial charge in [0.25, 0.3) is 17.7 Å². The maximum atomic E-state index is 14.0. The lowest BCUT2D eigenvalue weighted by atomic mass is 10.1. The summed E-state index contributed by atoms with van der Waals surface area (Å²) in [6.07, 6.45) is 0. The van der Waals surface area contributed by atoms with Crippen molar-refractivity contribution < 1.29 is 28.2 Å². The molecule has 0 aliphatic heterocycles. The van der Waals surface area contributed by atoms with Gasteiger partial charge >= 0.3 is 0 Å². The van der Waals surface area contributed by atoms with Crippen LogP contribution in [0.3, 0.4) is 0 Å². The van der Waals surface area contributed by atoms with Gasteiger partial charge in [0.2, 0.25) is 0 Å². The minimum Gasteiger partial charge on any atom is -0.493 e. The SMILES string of the molecule is COc1cc(NC(=O)c2ccc(C)c(NC(=O)c3ccccc3F)c2)c(C(=O)N(C)C)cc1OC. The molecule has 0 fully saturated rings. The number of rotatable bonds is 7. The van der Waals surface area contributed by atoms with Crippen molar-refractivity contribution in [2.75, 3.05) is 38.9 Å². The van der Waals surface area contributed by atoms with E-state index < -0.39 is 17.6 Å². The van der Waals surface area contributed by atoms with Gasteiger partial charge in [0.15, 0.2) is 11.5 Å². The van der Waals surface area contributed by atoms with Gasteiger partial charge in [-0.1, -0.05) is 18.2 Å². The summed E-state index contributed by atoms with van der Waals surface area (Å²) in [5.41, 5.74) is 1.57. The molecule has 0 aromatic heterocycles. The number of amides is 3. The van der Waals surface area contributed by atoms with Crippen LogP contribution in [0.15, 0.2) is 54.6 Å². The monoisotopic (exact) mass is 479 g/mol. The molecule has 0 aliphatic rings. The summed E-state index contributed by atoms with van der Waals surface area (Å²) in [4.78, 5) is 39.8. The number of carbonyl (C=O) groups excluding carboxylic acids is 3. The molecule has 3 aromatic carbocycles. The molecule has 9 heteroatoms. The number of anilines is 2. The molecular weight excluding hydrogens is 453 g/mol. The van der Waals surface area contributed by atoms with E-state index >= 15 is 0 Å². The lowest BCUT2D eigenvalue weighted by molar-refractivity contribution is 0.0828. The van der Waals surface area contributed by atoms with Gasteiger partial charge in [0.05, 0.1) is 31.0 Å². The molecule has 3 rings (SSSR count). The first kappa shape index (κ1) is 25.2. The number of benzene rings is 3. The van der Waals surface area contributed by atoms with Crippen molar-refractivity contribution in [3.05, 3.63) is 82.7 Å². The minimum atomic E-state index is -0.650. The molecule has 0 aliphatic carbocycles. The van der Waals surface area contributed by atoms with Crippen molar-refractivity contribution in [2.45, 2.75) is 6.92 Å². The number of methoxy groups -OCH3 is 2. The Balaban J connectivity index is 1.92. The second-order valence-electron chi connectivity index (χ2n) is 7.87. The Labute approximate surface area is 202 Å². The van der Waals surface area contributed by atoms with Crippen LogP contribution in [0.4, 0.5) is 15.8 Å². The summed E-state index contributed by atoms with van der Waals surface area (Å²) in [7, 11) is 6.08. The van der Waals surface area contributed by atoms with Gasteiger partial charge in [0, 0.05) is 31.4 Å². The third-order valence-electron chi connectivity index (χ3n) is 5.27. The zero-order valence-corrected chi connectivity index (χ0v) is 20.1.